The second kappa shape index (κ2) is 6.49. The lowest BCUT2D eigenvalue weighted by atomic mass is 9.79. The number of hydrogen-bond donors (Lipinski definition) is 2. The monoisotopic (exact) mass is 291 g/mol. The van der Waals surface area contributed by atoms with Crippen molar-refractivity contribution in [2.75, 3.05) is 6.54 Å². The third kappa shape index (κ3) is 3.67. The SMILES string of the molecule is CCNC1CCC(O)(Cc2ccn(C3CCCC3)n2)CC1. The van der Waals surface area contributed by atoms with Crippen molar-refractivity contribution >= 4 is 0 Å². The van der Waals surface area contributed by atoms with E-state index in [1.165, 1.54) is 25.7 Å². The van der Waals surface area contributed by atoms with Crippen molar-refractivity contribution in [2.24, 2.45) is 0 Å². The van der Waals surface area contributed by atoms with Crippen molar-refractivity contribution in [2.45, 2.75) is 82.4 Å². The van der Waals surface area contributed by atoms with E-state index in [0.29, 0.717) is 18.5 Å². The first-order chi connectivity index (χ1) is 10.2. The molecule has 0 amide bonds. The van der Waals surface area contributed by atoms with Crippen LogP contribution in [0.3, 0.4) is 0 Å². The summed E-state index contributed by atoms with van der Waals surface area (Å²) in [6, 6.07) is 3.29. The van der Waals surface area contributed by atoms with Gasteiger partial charge >= 0.3 is 0 Å². The molecule has 0 atom stereocenters. The average Bonchev–Trinajstić information content (AvgIpc) is 3.12. The molecular weight excluding hydrogens is 262 g/mol. The van der Waals surface area contributed by atoms with Crippen molar-refractivity contribution in [1.82, 2.24) is 15.1 Å². The molecule has 0 unspecified atom stereocenters. The molecule has 0 radical (unpaired) electrons. The maximum absolute atomic E-state index is 10.8. The predicted molar refractivity (Wildman–Crippen MR) is 84.3 cm³/mol. The molecular formula is C17H29N3O. The minimum Gasteiger partial charge on any atom is -0.389 e. The zero-order chi connectivity index (χ0) is 14.7. The van der Waals surface area contributed by atoms with Crippen LogP contribution in [0, 0.1) is 0 Å². The van der Waals surface area contributed by atoms with Gasteiger partial charge in [-0.3, -0.25) is 4.68 Å². The van der Waals surface area contributed by atoms with Crippen LogP contribution in [0.25, 0.3) is 0 Å². The lowest BCUT2D eigenvalue weighted by Crippen LogP contribution is -2.42. The van der Waals surface area contributed by atoms with Gasteiger partial charge in [-0.15, -0.1) is 0 Å². The molecule has 2 aliphatic rings. The Hall–Kier alpha value is -0.870. The minimum absolute atomic E-state index is 0.541. The standard InChI is InChI=1S/C17H29N3O/c1-2-18-14-7-10-17(21,11-8-14)13-15-9-12-20(19-15)16-5-3-4-6-16/h9,12,14,16,18,21H,2-8,10-11,13H2,1H3. The van der Waals surface area contributed by atoms with Gasteiger partial charge in [0, 0.05) is 18.7 Å². The van der Waals surface area contributed by atoms with Gasteiger partial charge in [-0.05, 0) is 51.1 Å². The largest absolute Gasteiger partial charge is 0.389 e. The van der Waals surface area contributed by atoms with E-state index in [2.05, 4.69) is 29.2 Å². The van der Waals surface area contributed by atoms with E-state index >= 15 is 0 Å². The Balaban J connectivity index is 1.56. The summed E-state index contributed by atoms with van der Waals surface area (Å²) >= 11 is 0. The highest BCUT2D eigenvalue weighted by Gasteiger charge is 2.33. The van der Waals surface area contributed by atoms with Crippen LogP contribution in [-0.4, -0.2) is 33.1 Å². The number of hydrogen-bond acceptors (Lipinski definition) is 3. The Labute approximate surface area is 127 Å². The summed E-state index contributed by atoms with van der Waals surface area (Å²) in [6.45, 7) is 3.17. The third-order valence-corrected chi connectivity index (χ3v) is 5.28. The van der Waals surface area contributed by atoms with Crippen LogP contribution in [-0.2, 0) is 6.42 Å². The summed E-state index contributed by atoms with van der Waals surface area (Å²) in [5, 5.41) is 19.0. The Bertz CT molecular complexity index is 443. The Kier molecular flexibility index (Phi) is 4.65. The van der Waals surface area contributed by atoms with E-state index in [9.17, 15) is 5.11 Å². The molecule has 0 spiro atoms. The molecule has 2 N–H and O–H groups in total. The topological polar surface area (TPSA) is 50.1 Å². The lowest BCUT2D eigenvalue weighted by molar-refractivity contribution is -0.00387. The molecule has 2 saturated carbocycles. The summed E-state index contributed by atoms with van der Waals surface area (Å²) < 4.78 is 2.13. The van der Waals surface area contributed by atoms with Crippen molar-refractivity contribution in [3.8, 4) is 0 Å². The molecule has 0 aromatic carbocycles. The lowest BCUT2D eigenvalue weighted by Gasteiger charge is -2.36. The third-order valence-electron chi connectivity index (χ3n) is 5.28. The van der Waals surface area contributed by atoms with E-state index < -0.39 is 5.60 Å². The Morgan fingerprint density at radius 2 is 2.00 bits per heavy atom. The van der Waals surface area contributed by atoms with Crippen molar-refractivity contribution in [3.05, 3.63) is 18.0 Å². The molecule has 1 aromatic rings. The maximum Gasteiger partial charge on any atom is 0.0704 e. The number of nitrogens with zero attached hydrogens (tertiary/aromatic N) is 2. The number of aromatic nitrogens is 2. The summed E-state index contributed by atoms with van der Waals surface area (Å²) in [5.74, 6) is 0. The van der Waals surface area contributed by atoms with Gasteiger partial charge in [0.15, 0.2) is 0 Å². The van der Waals surface area contributed by atoms with Gasteiger partial charge in [0.05, 0.1) is 17.3 Å². The van der Waals surface area contributed by atoms with Crippen molar-refractivity contribution in [3.63, 3.8) is 0 Å². The number of aliphatic hydroxyl groups is 1. The quantitative estimate of drug-likeness (QED) is 0.877. The Morgan fingerprint density at radius 1 is 1.29 bits per heavy atom. The van der Waals surface area contributed by atoms with Crippen LogP contribution in [0.5, 0.6) is 0 Å². The van der Waals surface area contributed by atoms with E-state index in [1.54, 1.807) is 0 Å². The van der Waals surface area contributed by atoms with Crippen LogP contribution < -0.4 is 5.32 Å². The second-order valence-electron chi connectivity index (χ2n) is 6.96. The average molecular weight is 291 g/mol. The van der Waals surface area contributed by atoms with Crippen LogP contribution in [0.2, 0.25) is 0 Å². The van der Waals surface area contributed by atoms with Crippen molar-refractivity contribution < 1.29 is 5.11 Å². The fourth-order valence-corrected chi connectivity index (χ4v) is 4.01. The first kappa shape index (κ1) is 15.0. The minimum atomic E-state index is -0.541. The van der Waals surface area contributed by atoms with E-state index in [1.807, 2.05) is 0 Å². The molecule has 1 heterocycles. The van der Waals surface area contributed by atoms with Crippen LogP contribution in [0.1, 0.15) is 70.0 Å². The van der Waals surface area contributed by atoms with Gasteiger partial charge in [0.2, 0.25) is 0 Å². The molecule has 2 fully saturated rings. The molecule has 3 rings (SSSR count). The number of nitrogens with one attached hydrogen (secondary N) is 1. The van der Waals surface area contributed by atoms with Gasteiger partial charge in [0.1, 0.15) is 0 Å². The van der Waals surface area contributed by atoms with Gasteiger partial charge in [-0.25, -0.2) is 0 Å². The van der Waals surface area contributed by atoms with Gasteiger partial charge in [-0.2, -0.15) is 5.10 Å². The summed E-state index contributed by atoms with van der Waals surface area (Å²) in [5.41, 5.74) is 0.520. The summed E-state index contributed by atoms with van der Waals surface area (Å²) in [4.78, 5) is 0. The fraction of sp³-hybridized carbons (Fsp3) is 0.824. The van der Waals surface area contributed by atoms with Crippen LogP contribution in [0.4, 0.5) is 0 Å². The first-order valence-corrected chi connectivity index (χ1v) is 8.68. The molecule has 0 aliphatic heterocycles. The second-order valence-corrected chi connectivity index (χ2v) is 6.96. The van der Waals surface area contributed by atoms with E-state index in [-0.39, 0.29) is 0 Å². The summed E-state index contributed by atoms with van der Waals surface area (Å²) in [7, 11) is 0. The smallest absolute Gasteiger partial charge is 0.0704 e. The molecule has 4 heteroatoms. The molecule has 118 valence electrons. The van der Waals surface area contributed by atoms with Gasteiger partial charge < -0.3 is 10.4 Å². The molecule has 0 saturated heterocycles. The van der Waals surface area contributed by atoms with E-state index in [4.69, 9.17) is 5.10 Å². The molecule has 2 aliphatic carbocycles. The molecule has 4 nitrogen and oxygen atoms in total. The molecule has 0 bridgehead atoms. The Morgan fingerprint density at radius 3 is 2.67 bits per heavy atom. The molecule has 21 heavy (non-hydrogen) atoms. The first-order valence-electron chi connectivity index (χ1n) is 8.68. The fourth-order valence-electron chi connectivity index (χ4n) is 4.01. The van der Waals surface area contributed by atoms with Gasteiger partial charge in [-0.1, -0.05) is 19.8 Å². The predicted octanol–water partition coefficient (Wildman–Crippen LogP) is 2.82. The van der Waals surface area contributed by atoms with Crippen LogP contribution in [0.15, 0.2) is 12.3 Å². The number of rotatable bonds is 5. The van der Waals surface area contributed by atoms with Crippen LogP contribution >= 0.6 is 0 Å². The van der Waals surface area contributed by atoms with Gasteiger partial charge in [0.25, 0.3) is 0 Å². The summed E-state index contributed by atoms with van der Waals surface area (Å²) in [6.07, 6.45) is 11.9. The maximum atomic E-state index is 10.8. The van der Waals surface area contributed by atoms with E-state index in [0.717, 1.165) is 37.9 Å². The highest BCUT2D eigenvalue weighted by molar-refractivity contribution is 5.06. The normalized spacial score (nSPS) is 30.9. The molecule has 1 aromatic heterocycles. The van der Waals surface area contributed by atoms with Crippen molar-refractivity contribution in [1.29, 1.82) is 0 Å². The zero-order valence-corrected chi connectivity index (χ0v) is 13.2. The highest BCUT2D eigenvalue weighted by atomic mass is 16.3. The zero-order valence-electron chi connectivity index (χ0n) is 13.2. The highest BCUT2D eigenvalue weighted by Crippen LogP contribution is 2.32.